The van der Waals surface area contributed by atoms with Crippen molar-refractivity contribution in [2.24, 2.45) is 0 Å². The maximum atomic E-state index is 11.2. The lowest BCUT2D eigenvalue weighted by Crippen LogP contribution is -2.03. The van der Waals surface area contributed by atoms with E-state index >= 15 is 0 Å². The van der Waals surface area contributed by atoms with Crippen molar-refractivity contribution in [3.63, 3.8) is 0 Å². The minimum atomic E-state index is -6.00. The summed E-state index contributed by atoms with van der Waals surface area (Å²) >= 11 is 0. The fourth-order valence-electron chi connectivity index (χ4n) is 0.910. The van der Waals surface area contributed by atoms with E-state index in [0.29, 0.717) is 17.9 Å². The molecule has 98 valence electrons. The molecule has 0 heterocycles. The molecule has 4 nitrogen and oxygen atoms in total. The first-order valence-electron chi connectivity index (χ1n) is 4.77. The van der Waals surface area contributed by atoms with Gasteiger partial charge in [0.2, 0.25) is 5.39 Å². The van der Waals surface area contributed by atoms with Gasteiger partial charge in [-0.25, -0.2) is 4.79 Å². The molecule has 0 bridgehead atoms. The number of hydrogen-bond acceptors (Lipinski definition) is 3. The van der Waals surface area contributed by atoms with Crippen LogP contribution in [0.1, 0.15) is 17.3 Å². The van der Waals surface area contributed by atoms with Crippen molar-refractivity contribution in [1.29, 1.82) is 5.39 Å². The van der Waals surface area contributed by atoms with Crippen LogP contribution in [0.2, 0.25) is 0 Å². The van der Waals surface area contributed by atoms with E-state index in [1.807, 2.05) is 0 Å². The zero-order valence-electron chi connectivity index (χ0n) is 9.32. The Kier molecular flexibility index (Phi) is 6.42. The molecule has 0 atom stereocenters. The van der Waals surface area contributed by atoms with E-state index in [0.717, 1.165) is 0 Å². The van der Waals surface area contributed by atoms with Crippen molar-refractivity contribution in [3.05, 3.63) is 34.8 Å². The van der Waals surface area contributed by atoms with Crippen LogP contribution in [0.25, 0.3) is 4.98 Å². The van der Waals surface area contributed by atoms with Gasteiger partial charge in [-0.2, -0.15) is 0 Å². The Hall–Kier alpha value is -2.11. The third-order valence-corrected chi connectivity index (χ3v) is 1.47. The maximum absolute atomic E-state index is 11.2. The molecule has 0 N–H and O–H groups in total. The standard InChI is InChI=1S/C9H9N2O2.BF4/c1-2-13-9(12)7-4-3-5-8(6-7)11-10;2-1(3,4)5/h3-6H,2H2,1H3;/q+1;-1. The average Bonchev–Trinajstić information content (AvgIpc) is 2.27. The number of carbonyl (C=O) groups excluding carboxylic acids is 1. The number of nitrogens with zero attached hydrogens (tertiary/aromatic N) is 2. The largest absolute Gasteiger partial charge is 0.673 e. The number of hydrogen-bond donors (Lipinski definition) is 0. The smallest absolute Gasteiger partial charge is 0.462 e. The molecule has 18 heavy (non-hydrogen) atoms. The second kappa shape index (κ2) is 7.27. The Morgan fingerprint density at radius 3 is 2.39 bits per heavy atom. The van der Waals surface area contributed by atoms with Gasteiger partial charge in [-0.1, -0.05) is 6.07 Å². The summed E-state index contributed by atoms with van der Waals surface area (Å²) in [7, 11) is -6.00. The average molecular weight is 264 g/mol. The van der Waals surface area contributed by atoms with Crippen LogP contribution in [0.15, 0.2) is 24.3 Å². The van der Waals surface area contributed by atoms with Gasteiger partial charge in [0.05, 0.1) is 12.2 Å². The molecule has 0 spiro atoms. The molecule has 0 saturated heterocycles. The summed E-state index contributed by atoms with van der Waals surface area (Å²) in [5.41, 5.74) is 0.725. The van der Waals surface area contributed by atoms with E-state index in [1.165, 1.54) is 6.07 Å². The van der Waals surface area contributed by atoms with Crippen LogP contribution in [0, 0.1) is 5.39 Å². The van der Waals surface area contributed by atoms with Gasteiger partial charge in [-0.15, -0.1) is 0 Å². The normalized spacial score (nSPS) is 9.78. The Labute approximate surface area is 100 Å². The molecule has 1 rings (SSSR count). The SMILES string of the molecule is CCOC(=O)c1cccc([N+]#N)c1.F[B-](F)(F)F. The minimum absolute atomic E-state index is 0.333. The van der Waals surface area contributed by atoms with E-state index in [9.17, 15) is 22.1 Å². The summed E-state index contributed by atoms with van der Waals surface area (Å²) < 4.78 is 43.8. The van der Waals surface area contributed by atoms with Crippen LogP contribution < -0.4 is 0 Å². The molecule has 0 fully saturated rings. The molecular weight excluding hydrogens is 255 g/mol. The highest BCUT2D eigenvalue weighted by molar-refractivity contribution is 6.50. The van der Waals surface area contributed by atoms with Gasteiger partial charge in [-0.3, -0.25) is 0 Å². The van der Waals surface area contributed by atoms with E-state index in [1.54, 1.807) is 25.1 Å². The van der Waals surface area contributed by atoms with Crippen LogP contribution in [-0.4, -0.2) is 19.8 Å². The van der Waals surface area contributed by atoms with Gasteiger partial charge in [0.15, 0.2) is 4.98 Å². The molecular formula is C9H9BF4N2O2. The molecule has 1 aromatic rings. The Morgan fingerprint density at radius 1 is 1.39 bits per heavy atom. The van der Waals surface area contributed by atoms with Crippen LogP contribution in [0.5, 0.6) is 0 Å². The monoisotopic (exact) mass is 264 g/mol. The fourth-order valence-corrected chi connectivity index (χ4v) is 0.910. The van der Waals surface area contributed by atoms with E-state index in [-0.39, 0.29) is 0 Å². The molecule has 1 aromatic carbocycles. The van der Waals surface area contributed by atoms with Crippen molar-refractivity contribution in [2.45, 2.75) is 6.92 Å². The highest BCUT2D eigenvalue weighted by Crippen LogP contribution is 2.14. The predicted molar refractivity (Wildman–Crippen MR) is 57.3 cm³/mol. The van der Waals surface area contributed by atoms with Crippen LogP contribution in [-0.2, 0) is 4.74 Å². The van der Waals surface area contributed by atoms with Gasteiger partial charge in [-0.05, 0) is 13.0 Å². The first-order chi connectivity index (χ1) is 8.27. The highest BCUT2D eigenvalue weighted by atomic mass is 19.5. The van der Waals surface area contributed by atoms with Crippen LogP contribution in [0.3, 0.4) is 0 Å². The number of diazo groups is 1. The Morgan fingerprint density at radius 2 is 1.94 bits per heavy atom. The molecule has 0 amide bonds. The summed E-state index contributed by atoms with van der Waals surface area (Å²) in [5, 5.41) is 8.45. The Bertz CT molecular complexity index is 439. The van der Waals surface area contributed by atoms with Gasteiger partial charge in [0.25, 0.3) is 0 Å². The van der Waals surface area contributed by atoms with Crippen molar-refractivity contribution in [3.8, 4) is 0 Å². The summed E-state index contributed by atoms with van der Waals surface area (Å²) in [6, 6.07) is 6.27. The summed E-state index contributed by atoms with van der Waals surface area (Å²) in [4.78, 5) is 14.1. The number of halogens is 4. The van der Waals surface area contributed by atoms with Crippen molar-refractivity contribution in [2.75, 3.05) is 6.61 Å². The third kappa shape index (κ3) is 8.09. The van der Waals surface area contributed by atoms with Crippen molar-refractivity contribution in [1.82, 2.24) is 0 Å². The lowest BCUT2D eigenvalue weighted by Gasteiger charge is -1.98. The van der Waals surface area contributed by atoms with Crippen LogP contribution >= 0.6 is 0 Å². The minimum Gasteiger partial charge on any atom is -0.462 e. The first-order valence-corrected chi connectivity index (χ1v) is 4.77. The molecule has 0 aromatic heterocycles. The van der Waals surface area contributed by atoms with Gasteiger partial charge < -0.3 is 22.0 Å². The third-order valence-electron chi connectivity index (χ3n) is 1.47. The molecule has 0 saturated carbocycles. The van der Waals surface area contributed by atoms with Gasteiger partial charge in [0.1, 0.15) is 0 Å². The lowest BCUT2D eigenvalue weighted by atomic mass is 10.2. The topological polar surface area (TPSA) is 54.5 Å². The highest BCUT2D eigenvalue weighted by Gasteiger charge is 2.20. The molecule has 0 aliphatic carbocycles. The number of carbonyl (C=O) groups is 1. The van der Waals surface area contributed by atoms with E-state index in [4.69, 9.17) is 10.1 Å². The predicted octanol–water partition coefficient (Wildman–Crippen LogP) is 3.65. The van der Waals surface area contributed by atoms with Crippen molar-refractivity contribution >= 4 is 18.9 Å². The Balaban J connectivity index is 0.000000494. The summed E-state index contributed by atoms with van der Waals surface area (Å²) in [5.74, 6) is -0.409. The molecule has 9 heteroatoms. The quantitative estimate of drug-likeness (QED) is 0.354. The zero-order valence-corrected chi connectivity index (χ0v) is 9.32. The van der Waals surface area contributed by atoms with Crippen LogP contribution in [0.4, 0.5) is 23.0 Å². The zero-order chi connectivity index (χ0) is 14.2. The van der Waals surface area contributed by atoms with E-state index < -0.39 is 13.2 Å². The number of benzene rings is 1. The molecule has 0 radical (unpaired) electrons. The van der Waals surface area contributed by atoms with Crippen molar-refractivity contribution < 1.29 is 26.8 Å². The fraction of sp³-hybridized carbons (Fsp3) is 0.222. The first kappa shape index (κ1) is 15.9. The summed E-state index contributed by atoms with van der Waals surface area (Å²) in [6.45, 7) is 2.07. The van der Waals surface area contributed by atoms with Gasteiger partial charge in [0, 0.05) is 12.1 Å². The van der Waals surface area contributed by atoms with Gasteiger partial charge >= 0.3 is 18.9 Å². The molecule has 0 aliphatic rings. The van der Waals surface area contributed by atoms with E-state index in [2.05, 4.69) is 4.98 Å². The molecule has 0 unspecified atom stereocenters. The number of ether oxygens (including phenoxy) is 1. The number of esters is 1. The lowest BCUT2D eigenvalue weighted by molar-refractivity contribution is 0.0526. The summed E-state index contributed by atoms with van der Waals surface area (Å²) in [6.07, 6.45) is 0. The maximum Gasteiger partial charge on any atom is 0.673 e. The second-order valence-electron chi connectivity index (χ2n) is 2.87. The molecule has 0 aliphatic heterocycles. The number of rotatable bonds is 2. The second-order valence-corrected chi connectivity index (χ2v) is 2.87.